The van der Waals surface area contributed by atoms with Gasteiger partial charge in [0.1, 0.15) is 0 Å². The Labute approximate surface area is 108 Å². The van der Waals surface area contributed by atoms with Crippen molar-refractivity contribution in [2.75, 3.05) is 13.4 Å². The molecular formula is C10H13BrClNO3. The number of benzene rings is 1. The van der Waals surface area contributed by atoms with E-state index in [9.17, 15) is 0 Å². The summed E-state index contributed by atoms with van der Waals surface area (Å²) in [5.74, 6) is 1.46. The second kappa shape index (κ2) is 5.72. The van der Waals surface area contributed by atoms with Crippen LogP contribution in [0.3, 0.4) is 0 Å². The van der Waals surface area contributed by atoms with Crippen LogP contribution in [-0.2, 0) is 6.42 Å². The Balaban J connectivity index is 0.00000128. The number of hydrogen-bond donors (Lipinski definition) is 2. The van der Waals surface area contributed by atoms with Gasteiger partial charge in [-0.05, 0) is 18.6 Å². The van der Waals surface area contributed by atoms with Crippen molar-refractivity contribution in [2.45, 2.75) is 12.5 Å². The fourth-order valence-electron chi connectivity index (χ4n) is 1.52. The van der Waals surface area contributed by atoms with Crippen LogP contribution in [0.15, 0.2) is 16.6 Å². The van der Waals surface area contributed by atoms with Gasteiger partial charge in [-0.3, -0.25) is 0 Å². The maximum Gasteiger partial charge on any atom is 0.231 e. The number of nitrogens with two attached hydrogens (primary N) is 1. The molecule has 0 spiro atoms. The molecule has 0 radical (unpaired) electrons. The highest BCUT2D eigenvalue weighted by Gasteiger charge is 2.21. The number of hydrogen-bond acceptors (Lipinski definition) is 4. The fourth-order valence-corrected chi connectivity index (χ4v) is 2.00. The smallest absolute Gasteiger partial charge is 0.231 e. The molecule has 1 aliphatic rings. The number of aliphatic hydroxyl groups is 1. The highest BCUT2D eigenvalue weighted by atomic mass is 79.9. The van der Waals surface area contributed by atoms with Gasteiger partial charge in [-0.25, -0.2) is 0 Å². The molecule has 1 aliphatic heterocycles. The molecule has 0 saturated heterocycles. The average molecular weight is 311 g/mol. The number of fused-ring (bicyclic) bond motifs is 1. The lowest BCUT2D eigenvalue weighted by atomic mass is 10.1. The lowest BCUT2D eigenvalue weighted by Crippen LogP contribution is -2.27. The summed E-state index contributed by atoms with van der Waals surface area (Å²) in [4.78, 5) is 0. The van der Waals surface area contributed by atoms with Gasteiger partial charge in [0.05, 0.1) is 6.61 Å². The SMILES string of the molecule is Cl.NC(CO)Cc1c(Br)ccc2c1OCO2. The molecule has 0 fully saturated rings. The van der Waals surface area contributed by atoms with Crippen LogP contribution in [0.1, 0.15) is 5.56 Å². The highest BCUT2D eigenvalue weighted by Crippen LogP contribution is 2.39. The Hall–Kier alpha value is -0.490. The molecule has 1 heterocycles. The third-order valence-electron chi connectivity index (χ3n) is 2.29. The topological polar surface area (TPSA) is 64.7 Å². The van der Waals surface area contributed by atoms with E-state index in [1.165, 1.54) is 0 Å². The minimum atomic E-state index is -0.281. The average Bonchev–Trinajstić information content (AvgIpc) is 2.70. The fraction of sp³-hybridized carbons (Fsp3) is 0.400. The minimum absolute atomic E-state index is 0. The zero-order valence-electron chi connectivity index (χ0n) is 8.48. The molecule has 1 atom stereocenters. The number of aliphatic hydroxyl groups excluding tert-OH is 1. The first-order valence-electron chi connectivity index (χ1n) is 4.65. The number of rotatable bonds is 3. The number of halogens is 2. The molecule has 2 rings (SSSR count). The van der Waals surface area contributed by atoms with E-state index in [1.54, 1.807) is 0 Å². The molecule has 1 aromatic rings. The van der Waals surface area contributed by atoms with E-state index in [0.717, 1.165) is 21.5 Å². The van der Waals surface area contributed by atoms with Crippen LogP contribution in [0.25, 0.3) is 0 Å². The predicted molar refractivity (Wildman–Crippen MR) is 66.3 cm³/mol. The quantitative estimate of drug-likeness (QED) is 0.887. The van der Waals surface area contributed by atoms with Crippen LogP contribution in [0.5, 0.6) is 11.5 Å². The summed E-state index contributed by atoms with van der Waals surface area (Å²) in [6.45, 7) is 0.199. The molecule has 4 nitrogen and oxygen atoms in total. The van der Waals surface area contributed by atoms with Gasteiger partial charge >= 0.3 is 0 Å². The van der Waals surface area contributed by atoms with E-state index in [4.69, 9.17) is 20.3 Å². The lowest BCUT2D eigenvalue weighted by Gasteiger charge is -2.12. The molecule has 0 amide bonds. The largest absolute Gasteiger partial charge is 0.454 e. The summed E-state index contributed by atoms with van der Waals surface area (Å²) in [6, 6.07) is 3.46. The Morgan fingerprint density at radius 1 is 1.44 bits per heavy atom. The molecule has 1 unspecified atom stereocenters. The van der Waals surface area contributed by atoms with Gasteiger partial charge in [0.2, 0.25) is 6.79 Å². The molecule has 90 valence electrons. The molecular weight excluding hydrogens is 297 g/mol. The second-order valence-electron chi connectivity index (χ2n) is 3.41. The summed E-state index contributed by atoms with van der Waals surface area (Å²) in [7, 11) is 0. The van der Waals surface area contributed by atoms with Crippen molar-refractivity contribution >= 4 is 28.3 Å². The van der Waals surface area contributed by atoms with Gasteiger partial charge in [-0.1, -0.05) is 15.9 Å². The van der Waals surface area contributed by atoms with E-state index in [1.807, 2.05) is 12.1 Å². The first-order chi connectivity index (χ1) is 7.22. The van der Waals surface area contributed by atoms with Crippen LogP contribution in [0.4, 0.5) is 0 Å². The number of ether oxygens (including phenoxy) is 2. The van der Waals surface area contributed by atoms with E-state index in [0.29, 0.717) is 6.42 Å². The van der Waals surface area contributed by atoms with Crippen LogP contribution in [0.2, 0.25) is 0 Å². The van der Waals surface area contributed by atoms with Crippen LogP contribution in [-0.4, -0.2) is 24.5 Å². The van der Waals surface area contributed by atoms with Crippen molar-refractivity contribution in [1.29, 1.82) is 0 Å². The van der Waals surface area contributed by atoms with E-state index in [-0.39, 0.29) is 31.8 Å². The standard InChI is InChI=1S/C10H12BrNO3.ClH/c11-8-1-2-9-10(15-5-14-9)7(8)3-6(12)4-13;/h1-2,6,13H,3-5,12H2;1H. The molecule has 3 N–H and O–H groups in total. The summed E-state index contributed by atoms with van der Waals surface area (Å²) in [5.41, 5.74) is 6.65. The van der Waals surface area contributed by atoms with Crippen molar-refractivity contribution < 1.29 is 14.6 Å². The van der Waals surface area contributed by atoms with Gasteiger partial charge in [-0.2, -0.15) is 0 Å². The monoisotopic (exact) mass is 309 g/mol. The maximum absolute atomic E-state index is 8.92. The normalized spacial score (nSPS) is 14.4. The lowest BCUT2D eigenvalue weighted by molar-refractivity contribution is 0.173. The maximum atomic E-state index is 8.92. The Bertz CT molecular complexity index is 375. The van der Waals surface area contributed by atoms with Crippen LogP contribution >= 0.6 is 28.3 Å². The Kier molecular flexibility index (Phi) is 4.86. The summed E-state index contributed by atoms with van der Waals surface area (Å²) in [5, 5.41) is 8.92. The first kappa shape index (κ1) is 13.6. The van der Waals surface area contributed by atoms with E-state index in [2.05, 4.69) is 15.9 Å². The molecule has 0 aliphatic carbocycles. The summed E-state index contributed by atoms with van der Waals surface area (Å²) in [6.07, 6.45) is 0.559. The predicted octanol–water partition coefficient (Wildman–Crippen LogP) is 1.46. The zero-order valence-corrected chi connectivity index (χ0v) is 10.9. The zero-order chi connectivity index (χ0) is 10.8. The van der Waals surface area contributed by atoms with Gasteiger partial charge in [0, 0.05) is 16.1 Å². The van der Waals surface area contributed by atoms with Gasteiger partial charge < -0.3 is 20.3 Å². The molecule has 6 heteroatoms. The molecule has 0 saturated carbocycles. The third kappa shape index (κ3) is 2.60. The second-order valence-corrected chi connectivity index (χ2v) is 4.26. The van der Waals surface area contributed by atoms with E-state index < -0.39 is 0 Å². The molecule has 0 bridgehead atoms. The third-order valence-corrected chi connectivity index (χ3v) is 3.03. The highest BCUT2D eigenvalue weighted by molar-refractivity contribution is 9.10. The summed E-state index contributed by atoms with van der Waals surface area (Å²) < 4.78 is 11.6. The van der Waals surface area contributed by atoms with Crippen LogP contribution < -0.4 is 15.2 Å². The molecule has 1 aromatic carbocycles. The van der Waals surface area contributed by atoms with E-state index >= 15 is 0 Å². The van der Waals surface area contributed by atoms with Crippen molar-refractivity contribution in [3.63, 3.8) is 0 Å². The Morgan fingerprint density at radius 3 is 2.88 bits per heavy atom. The van der Waals surface area contributed by atoms with Gasteiger partial charge in [-0.15, -0.1) is 12.4 Å². The molecule has 0 aromatic heterocycles. The van der Waals surface area contributed by atoms with Crippen molar-refractivity contribution in [2.24, 2.45) is 5.73 Å². The van der Waals surface area contributed by atoms with Crippen LogP contribution in [0, 0.1) is 0 Å². The first-order valence-corrected chi connectivity index (χ1v) is 5.45. The van der Waals surface area contributed by atoms with Gasteiger partial charge in [0.15, 0.2) is 11.5 Å². The van der Waals surface area contributed by atoms with Crippen molar-refractivity contribution in [3.8, 4) is 11.5 Å². The van der Waals surface area contributed by atoms with Crippen molar-refractivity contribution in [1.82, 2.24) is 0 Å². The molecule has 16 heavy (non-hydrogen) atoms. The van der Waals surface area contributed by atoms with Gasteiger partial charge in [0.25, 0.3) is 0 Å². The van der Waals surface area contributed by atoms with Crippen molar-refractivity contribution in [3.05, 3.63) is 22.2 Å². The Morgan fingerprint density at radius 2 is 2.19 bits per heavy atom. The summed E-state index contributed by atoms with van der Waals surface area (Å²) >= 11 is 3.43. The minimum Gasteiger partial charge on any atom is -0.454 e.